The number of hydrogen-bond acceptors (Lipinski definition) is 2. The van der Waals surface area contributed by atoms with Gasteiger partial charge in [0, 0.05) is 13.5 Å². The molecular formula is C11H14O2. The Morgan fingerprint density at radius 2 is 2.00 bits per heavy atom. The highest BCUT2D eigenvalue weighted by atomic mass is 16.5. The summed E-state index contributed by atoms with van der Waals surface area (Å²) in [6.07, 6.45) is 1.17. The molecule has 0 N–H and O–H groups in total. The average Bonchev–Trinajstić information content (AvgIpc) is 2.17. The van der Waals surface area contributed by atoms with Crippen molar-refractivity contribution in [3.8, 4) is 0 Å². The van der Waals surface area contributed by atoms with Crippen LogP contribution in [0.4, 0.5) is 0 Å². The molecular weight excluding hydrogens is 164 g/mol. The molecule has 0 aliphatic carbocycles. The van der Waals surface area contributed by atoms with Crippen LogP contribution in [0.5, 0.6) is 0 Å². The number of aldehydes is 1. The highest BCUT2D eigenvalue weighted by Gasteiger charge is 2.05. The molecule has 0 aromatic heterocycles. The molecule has 0 radical (unpaired) electrons. The van der Waals surface area contributed by atoms with Crippen LogP contribution in [0.1, 0.15) is 11.1 Å². The van der Waals surface area contributed by atoms with E-state index < -0.39 is 0 Å². The van der Waals surface area contributed by atoms with Gasteiger partial charge in [-0.2, -0.15) is 0 Å². The molecule has 0 amide bonds. The molecule has 0 aliphatic rings. The monoisotopic (exact) mass is 178 g/mol. The number of benzene rings is 1. The molecule has 0 spiro atoms. The Hall–Kier alpha value is -1.15. The van der Waals surface area contributed by atoms with Gasteiger partial charge in [-0.25, -0.2) is 0 Å². The highest BCUT2D eigenvalue weighted by molar-refractivity contribution is 5.56. The topological polar surface area (TPSA) is 26.3 Å². The van der Waals surface area contributed by atoms with Crippen molar-refractivity contribution >= 4 is 6.29 Å². The number of rotatable bonds is 4. The lowest BCUT2D eigenvalue weighted by Gasteiger charge is -2.07. The minimum Gasteiger partial charge on any atom is -0.374 e. The summed E-state index contributed by atoms with van der Waals surface area (Å²) in [7, 11) is 1.55. The highest BCUT2D eigenvalue weighted by Crippen LogP contribution is 2.06. The molecule has 0 bridgehead atoms. The van der Waals surface area contributed by atoms with Crippen molar-refractivity contribution in [3.05, 3.63) is 35.4 Å². The van der Waals surface area contributed by atoms with Gasteiger partial charge >= 0.3 is 0 Å². The fourth-order valence-corrected chi connectivity index (χ4v) is 1.14. The Labute approximate surface area is 78.5 Å². The summed E-state index contributed by atoms with van der Waals surface area (Å²) in [5.74, 6) is 0. The maximum absolute atomic E-state index is 10.5. The van der Waals surface area contributed by atoms with E-state index in [9.17, 15) is 4.79 Å². The van der Waals surface area contributed by atoms with E-state index in [1.165, 1.54) is 5.56 Å². The SMILES string of the molecule is COC(C=O)Cc1ccc(C)cc1. The summed E-state index contributed by atoms with van der Waals surface area (Å²) in [4.78, 5) is 10.5. The molecule has 2 nitrogen and oxygen atoms in total. The van der Waals surface area contributed by atoms with Gasteiger partial charge in [-0.1, -0.05) is 29.8 Å². The van der Waals surface area contributed by atoms with E-state index in [0.717, 1.165) is 11.8 Å². The first kappa shape index (κ1) is 9.93. The molecule has 1 unspecified atom stereocenters. The molecule has 1 atom stereocenters. The lowest BCUT2D eigenvalue weighted by molar-refractivity contribution is -0.116. The van der Waals surface area contributed by atoms with Gasteiger partial charge in [0.15, 0.2) is 0 Å². The summed E-state index contributed by atoms with van der Waals surface area (Å²) < 4.78 is 4.97. The Morgan fingerprint density at radius 1 is 1.38 bits per heavy atom. The van der Waals surface area contributed by atoms with E-state index in [4.69, 9.17) is 4.74 Å². The predicted octanol–water partition coefficient (Wildman–Crippen LogP) is 1.75. The van der Waals surface area contributed by atoms with Gasteiger partial charge < -0.3 is 9.53 Å². The van der Waals surface area contributed by atoms with E-state index >= 15 is 0 Å². The molecule has 0 fully saturated rings. The van der Waals surface area contributed by atoms with Crippen molar-refractivity contribution in [3.63, 3.8) is 0 Å². The van der Waals surface area contributed by atoms with Crippen LogP contribution in [0.15, 0.2) is 24.3 Å². The van der Waals surface area contributed by atoms with Crippen LogP contribution in [0.2, 0.25) is 0 Å². The third-order valence-electron chi connectivity index (χ3n) is 2.01. The third kappa shape index (κ3) is 2.99. The zero-order valence-electron chi connectivity index (χ0n) is 7.99. The van der Waals surface area contributed by atoms with E-state index in [1.54, 1.807) is 7.11 Å². The first-order valence-corrected chi connectivity index (χ1v) is 4.30. The lowest BCUT2D eigenvalue weighted by Crippen LogP contribution is -2.15. The molecule has 0 saturated carbocycles. The maximum Gasteiger partial charge on any atom is 0.149 e. The van der Waals surface area contributed by atoms with Crippen LogP contribution < -0.4 is 0 Å². The molecule has 70 valence electrons. The Morgan fingerprint density at radius 3 is 2.46 bits per heavy atom. The van der Waals surface area contributed by atoms with Crippen molar-refractivity contribution in [2.45, 2.75) is 19.4 Å². The number of carbonyl (C=O) groups excluding carboxylic acids is 1. The molecule has 0 heterocycles. The van der Waals surface area contributed by atoms with Crippen LogP contribution in [-0.2, 0) is 16.0 Å². The summed E-state index contributed by atoms with van der Waals surface area (Å²) in [6, 6.07) is 8.11. The van der Waals surface area contributed by atoms with Crippen LogP contribution in [0, 0.1) is 6.92 Å². The zero-order valence-corrected chi connectivity index (χ0v) is 7.99. The quantitative estimate of drug-likeness (QED) is 0.656. The van der Waals surface area contributed by atoms with E-state index in [1.807, 2.05) is 31.2 Å². The van der Waals surface area contributed by atoms with E-state index in [-0.39, 0.29) is 6.10 Å². The number of carbonyl (C=O) groups is 1. The molecule has 1 aromatic carbocycles. The minimum atomic E-state index is -0.317. The fraction of sp³-hybridized carbons (Fsp3) is 0.364. The van der Waals surface area contributed by atoms with Crippen molar-refractivity contribution in [2.24, 2.45) is 0 Å². The Kier molecular flexibility index (Phi) is 3.65. The second-order valence-corrected chi connectivity index (χ2v) is 3.10. The van der Waals surface area contributed by atoms with Crippen LogP contribution >= 0.6 is 0 Å². The Bertz CT molecular complexity index is 264. The number of methoxy groups -OCH3 is 1. The Balaban J connectivity index is 2.63. The van der Waals surface area contributed by atoms with Crippen LogP contribution in [-0.4, -0.2) is 19.5 Å². The third-order valence-corrected chi connectivity index (χ3v) is 2.01. The summed E-state index contributed by atoms with van der Waals surface area (Å²) in [6.45, 7) is 2.04. The second-order valence-electron chi connectivity index (χ2n) is 3.10. The summed E-state index contributed by atoms with van der Waals surface area (Å²) in [5, 5.41) is 0. The average molecular weight is 178 g/mol. The standard InChI is InChI=1S/C11H14O2/c1-9-3-5-10(6-4-9)7-11(8-12)13-2/h3-6,8,11H,7H2,1-2H3. The van der Waals surface area contributed by atoms with Crippen molar-refractivity contribution in [1.82, 2.24) is 0 Å². The smallest absolute Gasteiger partial charge is 0.149 e. The van der Waals surface area contributed by atoms with Gasteiger partial charge in [0.25, 0.3) is 0 Å². The normalized spacial score (nSPS) is 12.5. The molecule has 13 heavy (non-hydrogen) atoms. The van der Waals surface area contributed by atoms with Gasteiger partial charge in [0.2, 0.25) is 0 Å². The van der Waals surface area contributed by atoms with Gasteiger partial charge in [-0.3, -0.25) is 0 Å². The lowest BCUT2D eigenvalue weighted by atomic mass is 10.1. The number of ether oxygens (including phenoxy) is 1. The van der Waals surface area contributed by atoms with Gasteiger partial charge in [-0.05, 0) is 12.5 Å². The summed E-state index contributed by atoms with van der Waals surface area (Å²) >= 11 is 0. The predicted molar refractivity (Wildman–Crippen MR) is 51.7 cm³/mol. The first-order chi connectivity index (χ1) is 6.26. The van der Waals surface area contributed by atoms with Crippen molar-refractivity contribution < 1.29 is 9.53 Å². The molecule has 2 heteroatoms. The fourth-order valence-electron chi connectivity index (χ4n) is 1.14. The van der Waals surface area contributed by atoms with Gasteiger partial charge in [0.05, 0.1) is 0 Å². The molecule has 0 aliphatic heterocycles. The second kappa shape index (κ2) is 4.77. The number of hydrogen-bond donors (Lipinski definition) is 0. The van der Waals surface area contributed by atoms with Gasteiger partial charge in [-0.15, -0.1) is 0 Å². The number of aryl methyl sites for hydroxylation is 1. The maximum atomic E-state index is 10.5. The van der Waals surface area contributed by atoms with E-state index in [0.29, 0.717) is 6.42 Å². The largest absolute Gasteiger partial charge is 0.374 e. The minimum absolute atomic E-state index is 0.317. The molecule has 0 saturated heterocycles. The molecule has 1 rings (SSSR count). The van der Waals surface area contributed by atoms with Crippen molar-refractivity contribution in [1.29, 1.82) is 0 Å². The van der Waals surface area contributed by atoms with Crippen LogP contribution in [0.25, 0.3) is 0 Å². The van der Waals surface area contributed by atoms with Crippen molar-refractivity contribution in [2.75, 3.05) is 7.11 Å². The zero-order chi connectivity index (χ0) is 9.68. The van der Waals surface area contributed by atoms with Crippen LogP contribution in [0.3, 0.4) is 0 Å². The van der Waals surface area contributed by atoms with Gasteiger partial charge in [0.1, 0.15) is 12.4 Å². The summed E-state index contributed by atoms with van der Waals surface area (Å²) in [5.41, 5.74) is 2.35. The molecule has 1 aromatic rings. The first-order valence-electron chi connectivity index (χ1n) is 4.30. The van der Waals surface area contributed by atoms with E-state index in [2.05, 4.69) is 0 Å².